The van der Waals surface area contributed by atoms with Gasteiger partial charge in [-0.1, -0.05) is 35.0 Å². The molecule has 8 heteroatoms. The Morgan fingerprint density at radius 3 is 3.00 bits per heavy atom. The normalized spacial score (nSPS) is 30.8. The maximum absolute atomic E-state index is 13.1. The standard InChI is InChI=1S/C19H16ClN3O4/c1-10-7-14(22-27-10)23-9-19-6-5-13(26-19)15(16(19)18(23)25)17(24)21-12-4-2-3-11(20)8-12/h2-8,13,15-16H,9H2,1H3,(H,21,24)/t13-,15-,16+,19-/m1/s1. The van der Waals surface area contributed by atoms with Crippen molar-refractivity contribution in [3.8, 4) is 0 Å². The first-order chi connectivity index (χ1) is 13.0. The van der Waals surface area contributed by atoms with Crippen molar-refractivity contribution >= 4 is 34.9 Å². The van der Waals surface area contributed by atoms with Crippen LogP contribution in [0, 0.1) is 18.8 Å². The van der Waals surface area contributed by atoms with Crippen LogP contribution < -0.4 is 10.2 Å². The van der Waals surface area contributed by atoms with Gasteiger partial charge < -0.3 is 14.6 Å². The van der Waals surface area contributed by atoms with Crippen LogP contribution in [0.1, 0.15) is 5.76 Å². The molecule has 4 atom stereocenters. The first-order valence-corrected chi connectivity index (χ1v) is 9.03. The summed E-state index contributed by atoms with van der Waals surface area (Å²) in [6, 6.07) is 8.61. The summed E-state index contributed by atoms with van der Waals surface area (Å²) in [6.45, 7) is 2.08. The molecule has 2 aromatic rings. The number of hydrogen-bond acceptors (Lipinski definition) is 5. The molecule has 1 aromatic carbocycles. The second-order valence-corrected chi connectivity index (χ2v) is 7.56. The number of rotatable bonds is 3. The van der Waals surface area contributed by atoms with Gasteiger partial charge in [-0.2, -0.15) is 0 Å². The van der Waals surface area contributed by atoms with Crippen molar-refractivity contribution in [3.63, 3.8) is 0 Å². The minimum atomic E-state index is -0.801. The number of anilines is 2. The quantitative estimate of drug-likeness (QED) is 0.821. The zero-order chi connectivity index (χ0) is 18.8. The van der Waals surface area contributed by atoms with Crippen molar-refractivity contribution in [1.29, 1.82) is 0 Å². The molecule has 1 aromatic heterocycles. The van der Waals surface area contributed by atoms with Gasteiger partial charge in [0.15, 0.2) is 5.82 Å². The second kappa shape index (κ2) is 5.68. The number of aromatic nitrogens is 1. The lowest BCUT2D eigenvalue weighted by molar-refractivity contribution is -0.128. The summed E-state index contributed by atoms with van der Waals surface area (Å²) in [6.07, 6.45) is 3.35. The van der Waals surface area contributed by atoms with E-state index in [0.717, 1.165) is 0 Å². The largest absolute Gasteiger partial charge is 0.360 e. The Labute approximate surface area is 159 Å². The maximum atomic E-state index is 13.1. The monoisotopic (exact) mass is 385 g/mol. The van der Waals surface area contributed by atoms with Crippen LogP contribution in [0.3, 0.4) is 0 Å². The molecule has 2 amide bonds. The molecule has 2 fully saturated rings. The van der Waals surface area contributed by atoms with Gasteiger partial charge >= 0.3 is 0 Å². The summed E-state index contributed by atoms with van der Waals surface area (Å²) >= 11 is 5.99. The number of halogens is 1. The van der Waals surface area contributed by atoms with Gasteiger partial charge in [0, 0.05) is 16.8 Å². The highest BCUT2D eigenvalue weighted by molar-refractivity contribution is 6.30. The molecule has 1 spiro atoms. The number of amides is 2. The van der Waals surface area contributed by atoms with E-state index in [1.165, 1.54) is 4.90 Å². The molecular weight excluding hydrogens is 370 g/mol. The Morgan fingerprint density at radius 1 is 1.41 bits per heavy atom. The molecule has 0 radical (unpaired) electrons. The second-order valence-electron chi connectivity index (χ2n) is 7.12. The van der Waals surface area contributed by atoms with Crippen molar-refractivity contribution in [2.45, 2.75) is 18.6 Å². The van der Waals surface area contributed by atoms with Crippen LogP contribution in [0.2, 0.25) is 5.02 Å². The van der Waals surface area contributed by atoms with E-state index in [4.69, 9.17) is 20.9 Å². The van der Waals surface area contributed by atoms with Crippen molar-refractivity contribution in [2.24, 2.45) is 11.8 Å². The highest BCUT2D eigenvalue weighted by Gasteiger charge is 2.67. The number of hydrogen-bond donors (Lipinski definition) is 1. The van der Waals surface area contributed by atoms with E-state index in [-0.39, 0.29) is 11.8 Å². The van der Waals surface area contributed by atoms with Crippen LogP contribution in [0.15, 0.2) is 47.0 Å². The van der Waals surface area contributed by atoms with E-state index in [2.05, 4.69) is 10.5 Å². The summed E-state index contributed by atoms with van der Waals surface area (Å²) in [4.78, 5) is 27.6. The molecule has 27 heavy (non-hydrogen) atoms. The Bertz CT molecular complexity index is 987. The Hall–Kier alpha value is -2.64. The molecule has 0 aliphatic carbocycles. The third-order valence-electron chi connectivity index (χ3n) is 5.39. The summed E-state index contributed by atoms with van der Waals surface area (Å²) in [7, 11) is 0. The van der Waals surface area contributed by atoms with Crippen LogP contribution in [0.4, 0.5) is 11.5 Å². The van der Waals surface area contributed by atoms with E-state index in [0.29, 0.717) is 28.8 Å². The highest BCUT2D eigenvalue weighted by atomic mass is 35.5. The Morgan fingerprint density at radius 2 is 2.26 bits per heavy atom. The third-order valence-corrected chi connectivity index (χ3v) is 5.62. The number of nitrogens with zero attached hydrogens (tertiary/aromatic N) is 2. The molecule has 1 N–H and O–H groups in total. The van der Waals surface area contributed by atoms with Gasteiger partial charge in [-0.3, -0.25) is 14.5 Å². The molecule has 0 unspecified atom stereocenters. The van der Waals surface area contributed by atoms with Crippen LogP contribution in [-0.4, -0.2) is 35.2 Å². The minimum absolute atomic E-state index is 0.179. The van der Waals surface area contributed by atoms with Crippen molar-refractivity contribution in [1.82, 2.24) is 5.16 Å². The van der Waals surface area contributed by atoms with Crippen molar-refractivity contribution in [2.75, 3.05) is 16.8 Å². The fraction of sp³-hybridized carbons (Fsp3) is 0.316. The predicted molar refractivity (Wildman–Crippen MR) is 97.4 cm³/mol. The Balaban J connectivity index is 1.44. The van der Waals surface area contributed by atoms with Crippen LogP contribution in [0.25, 0.3) is 0 Å². The fourth-order valence-electron chi connectivity index (χ4n) is 4.26. The van der Waals surface area contributed by atoms with Gasteiger partial charge in [0.25, 0.3) is 0 Å². The topological polar surface area (TPSA) is 84.7 Å². The lowest BCUT2D eigenvalue weighted by Crippen LogP contribution is -2.41. The Kier molecular flexibility index (Phi) is 3.47. The summed E-state index contributed by atoms with van der Waals surface area (Å²) < 4.78 is 11.2. The molecule has 2 saturated heterocycles. The van der Waals surface area contributed by atoms with E-state index >= 15 is 0 Å². The van der Waals surface area contributed by atoms with Crippen LogP contribution in [-0.2, 0) is 14.3 Å². The zero-order valence-electron chi connectivity index (χ0n) is 14.4. The number of carbonyl (C=O) groups excluding carboxylic acids is 2. The molecule has 0 saturated carbocycles. The molecule has 138 valence electrons. The lowest BCUT2D eigenvalue weighted by Gasteiger charge is -2.23. The van der Waals surface area contributed by atoms with Crippen LogP contribution >= 0.6 is 11.6 Å². The van der Waals surface area contributed by atoms with E-state index in [1.807, 2.05) is 12.2 Å². The van der Waals surface area contributed by atoms with Gasteiger partial charge in [0.1, 0.15) is 11.4 Å². The minimum Gasteiger partial charge on any atom is -0.360 e. The van der Waals surface area contributed by atoms with Gasteiger partial charge in [-0.05, 0) is 25.1 Å². The van der Waals surface area contributed by atoms with Crippen molar-refractivity contribution in [3.05, 3.63) is 53.3 Å². The van der Waals surface area contributed by atoms with Gasteiger partial charge in [-0.25, -0.2) is 0 Å². The summed E-state index contributed by atoms with van der Waals surface area (Å²) in [5.41, 5.74) is -0.215. The van der Waals surface area contributed by atoms with Crippen LogP contribution in [0.5, 0.6) is 0 Å². The predicted octanol–water partition coefficient (Wildman–Crippen LogP) is 2.56. The number of ether oxygens (including phenoxy) is 1. The highest BCUT2D eigenvalue weighted by Crippen LogP contribution is 2.52. The fourth-order valence-corrected chi connectivity index (χ4v) is 4.45. The molecule has 3 aliphatic heterocycles. The molecule has 5 rings (SSSR count). The van der Waals surface area contributed by atoms with Gasteiger partial charge in [0.05, 0.1) is 24.5 Å². The maximum Gasteiger partial charge on any atom is 0.235 e. The average molecular weight is 386 g/mol. The molecule has 7 nitrogen and oxygen atoms in total. The number of benzene rings is 1. The zero-order valence-corrected chi connectivity index (χ0v) is 15.1. The first-order valence-electron chi connectivity index (χ1n) is 8.65. The van der Waals surface area contributed by atoms with E-state index in [9.17, 15) is 9.59 Å². The SMILES string of the molecule is Cc1cc(N2C[C@@]34C=C[C@@H](O3)[C@@H](C(=O)Nc3cccc(Cl)c3)[C@H]4C2=O)no1. The molecule has 4 heterocycles. The molecule has 3 aliphatic rings. The van der Waals surface area contributed by atoms with E-state index in [1.54, 1.807) is 37.3 Å². The molecular formula is C19H16ClN3O4. The number of carbonyl (C=O) groups is 2. The summed E-state index contributed by atoms with van der Waals surface area (Å²) in [5, 5.41) is 7.32. The summed E-state index contributed by atoms with van der Waals surface area (Å²) in [5.74, 6) is -0.589. The van der Waals surface area contributed by atoms with Gasteiger partial charge in [-0.15, -0.1) is 0 Å². The number of fused-ring (bicyclic) bond motifs is 1. The van der Waals surface area contributed by atoms with Gasteiger partial charge in [0.2, 0.25) is 11.8 Å². The molecule has 2 bridgehead atoms. The number of nitrogens with one attached hydrogen (secondary N) is 1. The number of aryl methyl sites for hydroxylation is 1. The lowest BCUT2D eigenvalue weighted by atomic mass is 9.77. The third kappa shape index (κ3) is 2.42. The smallest absolute Gasteiger partial charge is 0.235 e. The van der Waals surface area contributed by atoms with E-state index < -0.39 is 23.5 Å². The average Bonchev–Trinajstić information content (AvgIpc) is 3.36. The van der Waals surface area contributed by atoms with Crippen molar-refractivity contribution < 1.29 is 18.8 Å². The first kappa shape index (κ1) is 16.5.